The Balaban J connectivity index is 3.13. The zero-order valence-electron chi connectivity index (χ0n) is 4.94. The Bertz CT molecular complexity index is 64.6. The van der Waals surface area contributed by atoms with Gasteiger partial charge >= 0.3 is 0 Å². The van der Waals surface area contributed by atoms with Gasteiger partial charge in [-0.15, -0.1) is 6.58 Å². The molecule has 0 fully saturated rings. The van der Waals surface area contributed by atoms with E-state index in [2.05, 4.69) is 6.58 Å². The second-order valence-electron chi connectivity index (χ2n) is 2.01. The first-order chi connectivity index (χ1) is 3.13. The number of hydrogen-bond acceptors (Lipinski definition) is 1. The van der Waals surface area contributed by atoms with Gasteiger partial charge in [-0.2, -0.15) is 0 Å². The Kier molecular flexibility index (Phi) is 2.68. The van der Waals surface area contributed by atoms with Crippen LogP contribution in [0, 0.1) is 0 Å². The van der Waals surface area contributed by atoms with E-state index in [1.807, 2.05) is 6.92 Å². The van der Waals surface area contributed by atoms with Crippen molar-refractivity contribution in [1.29, 1.82) is 0 Å². The standard InChI is InChI=1S/C6H12O/c1-5(2)4-6(3)7/h6-7H,1,4H2,2-3H3/t6-/m0/s1. The molecule has 0 spiro atoms. The molecule has 0 aliphatic heterocycles. The quantitative estimate of drug-likeness (QED) is 0.519. The van der Waals surface area contributed by atoms with Crippen molar-refractivity contribution in [3.63, 3.8) is 0 Å². The summed E-state index contributed by atoms with van der Waals surface area (Å²) in [5, 5.41) is 8.66. The van der Waals surface area contributed by atoms with Crippen molar-refractivity contribution >= 4 is 0 Å². The first-order valence-electron chi connectivity index (χ1n) is 2.45. The molecule has 0 aromatic heterocycles. The Morgan fingerprint density at radius 3 is 2.29 bits per heavy atom. The van der Waals surface area contributed by atoms with Gasteiger partial charge in [0.05, 0.1) is 6.10 Å². The summed E-state index contributed by atoms with van der Waals surface area (Å²) < 4.78 is 0. The molecule has 0 aromatic carbocycles. The van der Waals surface area contributed by atoms with Crippen molar-refractivity contribution in [3.05, 3.63) is 12.2 Å². The molecule has 0 aliphatic rings. The summed E-state index contributed by atoms with van der Waals surface area (Å²) in [4.78, 5) is 0. The first kappa shape index (κ1) is 6.70. The van der Waals surface area contributed by atoms with Crippen molar-refractivity contribution in [2.75, 3.05) is 0 Å². The first-order valence-corrected chi connectivity index (χ1v) is 2.45. The molecule has 1 nitrogen and oxygen atoms in total. The molecule has 7 heavy (non-hydrogen) atoms. The summed E-state index contributed by atoms with van der Waals surface area (Å²) >= 11 is 0. The third kappa shape index (κ3) is 5.70. The molecule has 42 valence electrons. The average molecular weight is 100 g/mol. The Morgan fingerprint density at radius 2 is 2.29 bits per heavy atom. The van der Waals surface area contributed by atoms with Crippen LogP contribution in [0.3, 0.4) is 0 Å². The molecular weight excluding hydrogens is 88.1 g/mol. The molecule has 1 atom stereocenters. The van der Waals surface area contributed by atoms with Gasteiger partial charge in [0, 0.05) is 0 Å². The molecule has 0 aliphatic carbocycles. The van der Waals surface area contributed by atoms with Gasteiger partial charge in [-0.25, -0.2) is 0 Å². The van der Waals surface area contributed by atoms with Crippen LogP contribution in [0.4, 0.5) is 0 Å². The highest BCUT2D eigenvalue weighted by Crippen LogP contribution is 1.98. The second-order valence-corrected chi connectivity index (χ2v) is 2.01. The van der Waals surface area contributed by atoms with Crippen LogP contribution >= 0.6 is 0 Å². The molecule has 0 amide bonds. The molecule has 1 N–H and O–H groups in total. The monoisotopic (exact) mass is 100 g/mol. The van der Waals surface area contributed by atoms with E-state index in [1.165, 1.54) is 0 Å². The van der Waals surface area contributed by atoms with Crippen LogP contribution in [-0.4, -0.2) is 11.2 Å². The van der Waals surface area contributed by atoms with Crippen molar-refractivity contribution in [1.82, 2.24) is 0 Å². The molecule has 1 heteroatoms. The van der Waals surface area contributed by atoms with Crippen LogP contribution in [0.25, 0.3) is 0 Å². The maximum atomic E-state index is 8.66. The highest BCUT2D eigenvalue weighted by Gasteiger charge is 1.91. The SMILES string of the molecule is C=C(C)C[C@H](C)O. The van der Waals surface area contributed by atoms with Crippen molar-refractivity contribution in [2.24, 2.45) is 0 Å². The minimum Gasteiger partial charge on any atom is -0.393 e. The third-order valence-corrected chi connectivity index (χ3v) is 0.644. The highest BCUT2D eigenvalue weighted by atomic mass is 16.3. The van der Waals surface area contributed by atoms with Gasteiger partial charge in [-0.1, -0.05) is 5.57 Å². The van der Waals surface area contributed by atoms with Gasteiger partial charge in [0.15, 0.2) is 0 Å². The van der Waals surface area contributed by atoms with Gasteiger partial charge < -0.3 is 5.11 Å². The van der Waals surface area contributed by atoms with E-state index in [0.717, 1.165) is 12.0 Å². The lowest BCUT2D eigenvalue weighted by atomic mass is 10.2. The Morgan fingerprint density at radius 1 is 1.86 bits per heavy atom. The topological polar surface area (TPSA) is 20.2 Å². The Hall–Kier alpha value is -0.300. The molecule has 0 rings (SSSR count). The fourth-order valence-corrected chi connectivity index (χ4v) is 0.504. The maximum absolute atomic E-state index is 8.66. The number of aliphatic hydroxyl groups excluding tert-OH is 1. The summed E-state index contributed by atoms with van der Waals surface area (Å²) in [7, 11) is 0. The van der Waals surface area contributed by atoms with Crippen LogP contribution in [0.15, 0.2) is 12.2 Å². The largest absolute Gasteiger partial charge is 0.393 e. The minimum atomic E-state index is -0.225. The van der Waals surface area contributed by atoms with E-state index in [9.17, 15) is 0 Å². The van der Waals surface area contributed by atoms with Gasteiger partial charge in [0.2, 0.25) is 0 Å². The fraction of sp³-hybridized carbons (Fsp3) is 0.667. The van der Waals surface area contributed by atoms with Crippen molar-refractivity contribution < 1.29 is 5.11 Å². The maximum Gasteiger partial charge on any atom is 0.0548 e. The Labute approximate surface area is 44.7 Å². The third-order valence-electron chi connectivity index (χ3n) is 0.644. The van der Waals surface area contributed by atoms with E-state index in [4.69, 9.17) is 5.11 Å². The van der Waals surface area contributed by atoms with Crippen LogP contribution in [0.2, 0.25) is 0 Å². The lowest BCUT2D eigenvalue weighted by Gasteiger charge is -1.99. The molecule has 0 aromatic rings. The summed E-state index contributed by atoms with van der Waals surface area (Å²) in [5.41, 5.74) is 1.04. The summed E-state index contributed by atoms with van der Waals surface area (Å²) in [5.74, 6) is 0. The van der Waals surface area contributed by atoms with E-state index >= 15 is 0 Å². The summed E-state index contributed by atoms with van der Waals surface area (Å²) in [6.45, 7) is 7.30. The number of aliphatic hydroxyl groups is 1. The molecular formula is C6H12O. The van der Waals surface area contributed by atoms with E-state index in [1.54, 1.807) is 6.92 Å². The predicted molar refractivity (Wildman–Crippen MR) is 31.1 cm³/mol. The van der Waals surface area contributed by atoms with Gasteiger partial charge in [-0.05, 0) is 20.3 Å². The normalized spacial score (nSPS) is 13.6. The van der Waals surface area contributed by atoms with Gasteiger partial charge in [0.25, 0.3) is 0 Å². The minimum absolute atomic E-state index is 0.225. The lowest BCUT2D eigenvalue weighted by Crippen LogP contribution is -1.97. The lowest BCUT2D eigenvalue weighted by molar-refractivity contribution is 0.195. The van der Waals surface area contributed by atoms with E-state index in [0.29, 0.717) is 0 Å². The van der Waals surface area contributed by atoms with E-state index < -0.39 is 0 Å². The fourth-order valence-electron chi connectivity index (χ4n) is 0.504. The van der Waals surface area contributed by atoms with Gasteiger partial charge in [0.1, 0.15) is 0 Å². The number of rotatable bonds is 2. The zero-order chi connectivity index (χ0) is 5.86. The van der Waals surface area contributed by atoms with Gasteiger partial charge in [-0.3, -0.25) is 0 Å². The molecule has 0 heterocycles. The van der Waals surface area contributed by atoms with Crippen LogP contribution in [0.1, 0.15) is 20.3 Å². The van der Waals surface area contributed by atoms with E-state index in [-0.39, 0.29) is 6.10 Å². The van der Waals surface area contributed by atoms with Crippen molar-refractivity contribution in [2.45, 2.75) is 26.4 Å². The predicted octanol–water partition coefficient (Wildman–Crippen LogP) is 1.33. The molecule has 0 bridgehead atoms. The highest BCUT2D eigenvalue weighted by molar-refractivity contribution is 4.89. The van der Waals surface area contributed by atoms with Crippen molar-refractivity contribution in [3.8, 4) is 0 Å². The van der Waals surface area contributed by atoms with Crippen LogP contribution < -0.4 is 0 Å². The summed E-state index contributed by atoms with van der Waals surface area (Å²) in [6, 6.07) is 0. The van der Waals surface area contributed by atoms with Crippen LogP contribution in [0.5, 0.6) is 0 Å². The molecule has 0 saturated carbocycles. The van der Waals surface area contributed by atoms with Crippen LogP contribution in [-0.2, 0) is 0 Å². The zero-order valence-corrected chi connectivity index (χ0v) is 4.94. The molecule has 0 unspecified atom stereocenters. The molecule has 0 saturated heterocycles. The second kappa shape index (κ2) is 2.80. The smallest absolute Gasteiger partial charge is 0.0548 e. The number of hydrogen-bond donors (Lipinski definition) is 1. The molecule has 0 radical (unpaired) electrons. The average Bonchev–Trinajstić information content (AvgIpc) is 1.27. The summed E-state index contributed by atoms with van der Waals surface area (Å²) in [6.07, 6.45) is 0.498.